The minimum Gasteiger partial charge on any atom is -0.478 e. The summed E-state index contributed by atoms with van der Waals surface area (Å²) in [5, 5.41) is 20.6. The monoisotopic (exact) mass is 1090 g/mol. The Kier molecular flexibility index (Phi) is 22.3. The predicted molar refractivity (Wildman–Crippen MR) is 295 cm³/mol. The van der Waals surface area contributed by atoms with Crippen LogP contribution in [0.15, 0.2) is 158 Å². The smallest absolute Gasteiger partial charge is 0.328 e. The SMILES string of the molecule is NC(=O)Nc1ccc(C(=O)N(CCN2CCC(C(=O)c3ccc(F)cc3)CC2)c2cccnc2)cc1.NC(=O)Nc1ccc(C(=O)N(CCN2CCC(C(=O)c3ccc(F)cc3)CC2)c2cccnc2)cc1.O=C(O)/C=C/C(=O)O. The van der Waals surface area contributed by atoms with Crippen molar-refractivity contribution < 1.29 is 57.4 Å². The topological polar surface area (TPSA) is 292 Å². The first-order chi connectivity index (χ1) is 38.4. The number of primary amides is 2. The number of carbonyl (C=O) groups excluding carboxylic acids is 6. The van der Waals surface area contributed by atoms with E-state index in [-0.39, 0.29) is 46.9 Å². The maximum Gasteiger partial charge on any atom is 0.328 e. The molecule has 8 N–H and O–H groups in total. The fourth-order valence-electron chi connectivity index (χ4n) is 8.87. The Morgan fingerprint density at radius 2 is 0.838 bits per heavy atom. The number of piperidine rings is 2. The molecule has 0 saturated carbocycles. The van der Waals surface area contributed by atoms with E-state index in [1.54, 1.807) is 95.3 Å². The van der Waals surface area contributed by atoms with E-state index in [9.17, 15) is 47.1 Å². The standard InChI is InChI=1S/2C27H28FN5O3.C4H4O4/c2*28-22-7-3-19(4-8-22)25(34)20-11-14-32(15-12-20)16-17-33(24-2-1-13-30-18-24)26(35)21-5-9-23(10-6-21)31-27(29)36;5-3(6)1-2-4(7)8/h2*1-10,13,18,20H,11-12,14-17H2,(H3,29,31,36);1-2H,(H,5,6)(H,7,8)/b;;2-1+. The number of hydrogen-bond acceptors (Lipinski definition) is 12. The van der Waals surface area contributed by atoms with E-state index >= 15 is 0 Å². The van der Waals surface area contributed by atoms with Gasteiger partial charge in [-0.15, -0.1) is 0 Å². The zero-order valence-corrected chi connectivity index (χ0v) is 43.4. The molecular formula is C58H60F2N10O10. The summed E-state index contributed by atoms with van der Waals surface area (Å²) in [6, 6.07) is 30.4. The van der Waals surface area contributed by atoms with Gasteiger partial charge in [0.1, 0.15) is 11.6 Å². The molecule has 2 saturated heterocycles. The molecule has 4 heterocycles. The molecule has 0 unspecified atom stereocenters. The van der Waals surface area contributed by atoms with E-state index in [1.165, 1.54) is 48.5 Å². The number of aliphatic carboxylic acids is 2. The van der Waals surface area contributed by atoms with Crippen LogP contribution in [0.2, 0.25) is 0 Å². The second kappa shape index (κ2) is 29.8. The van der Waals surface area contributed by atoms with Gasteiger partial charge in [-0.25, -0.2) is 28.0 Å². The first-order valence-electron chi connectivity index (χ1n) is 25.4. The molecule has 416 valence electrons. The summed E-state index contributed by atoms with van der Waals surface area (Å²) in [6.45, 7) is 5.12. The second-order valence-electron chi connectivity index (χ2n) is 18.5. The van der Waals surface area contributed by atoms with Crippen LogP contribution in [0.3, 0.4) is 0 Å². The van der Waals surface area contributed by atoms with Crippen LogP contribution in [-0.4, -0.2) is 130 Å². The van der Waals surface area contributed by atoms with Crippen LogP contribution in [0.5, 0.6) is 0 Å². The molecule has 2 aliphatic rings. The summed E-state index contributed by atoms with van der Waals surface area (Å²) in [5.41, 5.74) is 14.7. The molecule has 2 aliphatic heterocycles. The van der Waals surface area contributed by atoms with Gasteiger partial charge in [-0.2, -0.15) is 0 Å². The zero-order chi connectivity index (χ0) is 57.6. The van der Waals surface area contributed by atoms with Crippen molar-refractivity contribution in [2.24, 2.45) is 23.3 Å². The van der Waals surface area contributed by atoms with Crippen LogP contribution in [0, 0.1) is 23.5 Å². The molecule has 6 aromatic rings. The maximum atomic E-state index is 13.4. The van der Waals surface area contributed by atoms with Crippen molar-refractivity contribution in [1.82, 2.24) is 19.8 Å². The molecule has 4 aromatic carbocycles. The van der Waals surface area contributed by atoms with Gasteiger partial charge in [-0.05, 0) is 173 Å². The van der Waals surface area contributed by atoms with E-state index in [2.05, 4.69) is 30.4 Å². The third-order valence-electron chi connectivity index (χ3n) is 13.0. The van der Waals surface area contributed by atoms with Gasteiger partial charge < -0.3 is 51.9 Å². The zero-order valence-electron chi connectivity index (χ0n) is 43.4. The molecule has 2 aromatic heterocycles. The van der Waals surface area contributed by atoms with Gasteiger partial charge in [-0.1, -0.05) is 0 Å². The lowest BCUT2D eigenvalue weighted by molar-refractivity contribution is -0.134. The van der Waals surface area contributed by atoms with Crippen molar-refractivity contribution >= 4 is 70.1 Å². The molecule has 0 aliphatic carbocycles. The molecule has 0 bridgehead atoms. The minimum atomic E-state index is -1.26. The predicted octanol–water partition coefficient (Wildman–Crippen LogP) is 7.62. The number of nitrogens with two attached hydrogens (primary N) is 2. The number of aromatic nitrogens is 2. The van der Waals surface area contributed by atoms with Gasteiger partial charge in [0.25, 0.3) is 11.8 Å². The van der Waals surface area contributed by atoms with E-state index in [4.69, 9.17) is 21.7 Å². The Morgan fingerprint density at radius 1 is 0.512 bits per heavy atom. The second-order valence-corrected chi connectivity index (χ2v) is 18.5. The van der Waals surface area contributed by atoms with Gasteiger partial charge in [-0.3, -0.25) is 29.1 Å². The highest BCUT2D eigenvalue weighted by Gasteiger charge is 2.29. The number of anilines is 4. The molecule has 0 radical (unpaired) electrons. The van der Waals surface area contributed by atoms with E-state index < -0.39 is 24.0 Å². The van der Waals surface area contributed by atoms with E-state index in [1.807, 2.05) is 12.1 Å². The molecule has 0 atom stereocenters. The number of carboxylic acids is 2. The number of carboxylic acid groups (broad SMARTS) is 2. The lowest BCUT2D eigenvalue weighted by atomic mass is 9.89. The highest BCUT2D eigenvalue weighted by molar-refractivity contribution is 6.07. The number of nitrogens with zero attached hydrogens (tertiary/aromatic N) is 6. The van der Waals surface area contributed by atoms with Crippen LogP contribution < -0.4 is 31.9 Å². The Balaban J connectivity index is 0.000000227. The van der Waals surface area contributed by atoms with Gasteiger partial charge in [0, 0.05) is 96.2 Å². The summed E-state index contributed by atoms with van der Waals surface area (Å²) >= 11 is 0. The number of benzene rings is 4. The number of ketones is 2. The quantitative estimate of drug-likeness (QED) is 0.0357. The fraction of sp³-hybridized carbons (Fsp3) is 0.241. The number of rotatable bonds is 18. The third kappa shape index (κ3) is 18.6. The minimum absolute atomic E-state index is 0.0519. The highest BCUT2D eigenvalue weighted by atomic mass is 19.1. The van der Waals surface area contributed by atoms with E-state index in [0.717, 1.165) is 26.2 Å². The van der Waals surface area contributed by atoms with Crippen LogP contribution in [0.25, 0.3) is 0 Å². The Morgan fingerprint density at radius 3 is 1.12 bits per heavy atom. The Labute approximate surface area is 459 Å². The average Bonchev–Trinajstić information content (AvgIpc) is 3.47. The van der Waals surface area contributed by atoms with E-state index in [0.29, 0.717) is 109 Å². The summed E-state index contributed by atoms with van der Waals surface area (Å²) in [7, 11) is 0. The molecule has 0 spiro atoms. The first kappa shape index (κ1) is 59.7. The number of urea groups is 2. The van der Waals surface area contributed by atoms with Crippen LogP contribution in [0.1, 0.15) is 67.1 Å². The van der Waals surface area contributed by atoms with Gasteiger partial charge >= 0.3 is 24.0 Å². The van der Waals surface area contributed by atoms with Crippen molar-refractivity contribution in [2.45, 2.75) is 25.7 Å². The number of amides is 6. The highest BCUT2D eigenvalue weighted by Crippen LogP contribution is 2.26. The number of nitrogens with one attached hydrogen (secondary N) is 2. The van der Waals surface area contributed by atoms with Crippen molar-refractivity contribution in [1.29, 1.82) is 0 Å². The molecule has 20 nitrogen and oxygen atoms in total. The molecule has 2 fully saturated rings. The normalized spacial score (nSPS) is 13.8. The summed E-state index contributed by atoms with van der Waals surface area (Å²) in [6.07, 6.45) is 10.6. The lowest BCUT2D eigenvalue weighted by Gasteiger charge is -2.33. The third-order valence-corrected chi connectivity index (χ3v) is 13.0. The maximum absolute atomic E-state index is 13.4. The summed E-state index contributed by atoms with van der Waals surface area (Å²) < 4.78 is 26.4. The number of hydrogen-bond donors (Lipinski definition) is 6. The summed E-state index contributed by atoms with van der Waals surface area (Å²) in [5.74, 6) is -3.66. The van der Waals surface area contributed by atoms with Crippen LogP contribution >= 0.6 is 0 Å². The number of likely N-dealkylation sites (tertiary alicyclic amines) is 2. The number of halogens is 2. The van der Waals surface area contributed by atoms with Crippen molar-refractivity contribution in [3.05, 3.63) is 192 Å². The van der Waals surface area contributed by atoms with Crippen molar-refractivity contribution in [3.8, 4) is 0 Å². The molecular weight excluding hydrogens is 1030 g/mol. The number of Topliss-reactive ketones (excluding diaryl/α,β-unsaturated/α-hetero) is 2. The lowest BCUT2D eigenvalue weighted by Crippen LogP contribution is -2.43. The van der Waals surface area contributed by atoms with Gasteiger partial charge in [0.15, 0.2) is 11.6 Å². The number of pyridine rings is 2. The Bertz CT molecular complexity index is 2880. The van der Waals surface area contributed by atoms with Crippen LogP contribution in [0.4, 0.5) is 41.1 Å². The van der Waals surface area contributed by atoms with Crippen LogP contribution in [-0.2, 0) is 9.59 Å². The van der Waals surface area contributed by atoms with Crippen molar-refractivity contribution in [2.75, 3.05) is 72.8 Å². The molecule has 22 heteroatoms. The van der Waals surface area contributed by atoms with Crippen molar-refractivity contribution in [3.63, 3.8) is 0 Å². The number of carbonyl (C=O) groups is 8. The van der Waals surface area contributed by atoms with Gasteiger partial charge in [0.2, 0.25) is 0 Å². The largest absolute Gasteiger partial charge is 0.478 e. The molecule has 80 heavy (non-hydrogen) atoms. The molecule has 8 rings (SSSR count). The Hall–Kier alpha value is -9.54. The summed E-state index contributed by atoms with van der Waals surface area (Å²) in [4.78, 5) is 110. The fourth-order valence-corrected chi connectivity index (χ4v) is 8.87. The molecule has 6 amide bonds. The first-order valence-corrected chi connectivity index (χ1v) is 25.4. The van der Waals surface area contributed by atoms with Gasteiger partial charge in [0.05, 0.1) is 23.8 Å². The average molecular weight is 1100 g/mol.